The fourth-order valence-electron chi connectivity index (χ4n) is 1.16. The van der Waals surface area contributed by atoms with E-state index in [0.29, 0.717) is 12.2 Å². The van der Waals surface area contributed by atoms with Crippen LogP contribution in [0.15, 0.2) is 6.07 Å². The molecule has 1 aromatic heterocycles. The summed E-state index contributed by atoms with van der Waals surface area (Å²) in [5.74, 6) is 0.349. The summed E-state index contributed by atoms with van der Waals surface area (Å²) in [6.45, 7) is 0.521. The molecule has 0 spiro atoms. The summed E-state index contributed by atoms with van der Waals surface area (Å²) in [7, 11) is 1.60. The van der Waals surface area contributed by atoms with Crippen molar-refractivity contribution in [2.24, 2.45) is 7.05 Å². The number of rotatable bonds is 3. The van der Waals surface area contributed by atoms with Crippen molar-refractivity contribution in [2.45, 2.75) is 19.5 Å². The van der Waals surface area contributed by atoms with Crippen molar-refractivity contribution in [1.29, 1.82) is 0 Å². The van der Waals surface area contributed by atoms with Crippen LogP contribution in [0.5, 0.6) is 0 Å². The van der Waals surface area contributed by atoms with Crippen LogP contribution < -0.4 is 10.6 Å². The van der Waals surface area contributed by atoms with Crippen LogP contribution in [0.3, 0.4) is 0 Å². The Morgan fingerprint density at radius 1 is 1.53 bits per heavy atom. The number of anilines is 1. The average molecular weight is 250 g/mol. The second-order valence-electron chi connectivity index (χ2n) is 3.42. The van der Waals surface area contributed by atoms with Crippen molar-refractivity contribution in [2.75, 3.05) is 11.9 Å². The number of amides is 2. The molecule has 96 valence electrons. The minimum Gasteiger partial charge on any atom is -0.329 e. The number of aromatic nitrogens is 2. The Bertz CT molecular complexity index is 399. The summed E-state index contributed by atoms with van der Waals surface area (Å²) in [6.07, 6.45) is -3.74. The minimum atomic E-state index is -4.42. The van der Waals surface area contributed by atoms with Gasteiger partial charge in [-0.1, -0.05) is 6.92 Å². The topological polar surface area (TPSA) is 59.0 Å². The summed E-state index contributed by atoms with van der Waals surface area (Å²) in [5, 5.41) is 8.04. The zero-order valence-corrected chi connectivity index (χ0v) is 9.43. The molecule has 0 saturated heterocycles. The SMILES string of the molecule is CCc1cc(NC(=O)NCC(F)(F)F)n(C)n1. The number of aryl methyl sites for hydroxylation is 2. The molecule has 2 N–H and O–H groups in total. The minimum absolute atomic E-state index is 0.349. The number of nitrogens with one attached hydrogen (secondary N) is 2. The van der Waals surface area contributed by atoms with Gasteiger partial charge in [0, 0.05) is 13.1 Å². The van der Waals surface area contributed by atoms with Crippen molar-refractivity contribution in [3.05, 3.63) is 11.8 Å². The van der Waals surface area contributed by atoms with Gasteiger partial charge in [-0.25, -0.2) is 4.79 Å². The monoisotopic (exact) mass is 250 g/mol. The van der Waals surface area contributed by atoms with Gasteiger partial charge in [-0.05, 0) is 6.42 Å². The lowest BCUT2D eigenvalue weighted by atomic mass is 10.3. The van der Waals surface area contributed by atoms with Gasteiger partial charge < -0.3 is 5.32 Å². The van der Waals surface area contributed by atoms with Crippen LogP contribution in [0.1, 0.15) is 12.6 Å². The number of hydrogen-bond donors (Lipinski definition) is 2. The second-order valence-corrected chi connectivity index (χ2v) is 3.42. The van der Waals surface area contributed by atoms with Gasteiger partial charge in [0.05, 0.1) is 5.69 Å². The molecule has 5 nitrogen and oxygen atoms in total. The van der Waals surface area contributed by atoms with Crippen LogP contribution in [0.25, 0.3) is 0 Å². The zero-order valence-electron chi connectivity index (χ0n) is 9.43. The Balaban J connectivity index is 2.53. The maximum Gasteiger partial charge on any atom is 0.405 e. The standard InChI is InChI=1S/C9H13F3N4O/c1-3-6-4-7(16(2)15-6)14-8(17)13-5-9(10,11)12/h4H,3,5H2,1-2H3,(H2,13,14,17). The molecule has 0 atom stereocenters. The Hall–Kier alpha value is -1.73. The molecule has 0 saturated carbocycles. The summed E-state index contributed by atoms with van der Waals surface area (Å²) < 4.78 is 36.9. The molecule has 0 aliphatic carbocycles. The van der Waals surface area contributed by atoms with Crippen LogP contribution in [-0.2, 0) is 13.5 Å². The summed E-state index contributed by atoms with van der Waals surface area (Å²) in [6, 6.07) is 0.695. The van der Waals surface area contributed by atoms with Gasteiger partial charge in [0.15, 0.2) is 0 Å². The van der Waals surface area contributed by atoms with Crippen LogP contribution in [-0.4, -0.2) is 28.5 Å². The van der Waals surface area contributed by atoms with Crippen molar-refractivity contribution in [1.82, 2.24) is 15.1 Å². The van der Waals surface area contributed by atoms with E-state index in [1.54, 1.807) is 18.4 Å². The molecule has 8 heteroatoms. The van der Waals surface area contributed by atoms with E-state index >= 15 is 0 Å². The quantitative estimate of drug-likeness (QED) is 0.857. The van der Waals surface area contributed by atoms with E-state index in [9.17, 15) is 18.0 Å². The van der Waals surface area contributed by atoms with Gasteiger partial charge in [0.2, 0.25) is 0 Å². The number of carbonyl (C=O) groups is 1. The fraction of sp³-hybridized carbons (Fsp3) is 0.556. The summed E-state index contributed by atoms with van der Waals surface area (Å²) in [4.78, 5) is 11.1. The Kier molecular flexibility index (Phi) is 3.97. The smallest absolute Gasteiger partial charge is 0.329 e. The number of urea groups is 1. The van der Waals surface area contributed by atoms with Crippen molar-refractivity contribution in [3.8, 4) is 0 Å². The van der Waals surface area contributed by atoms with E-state index in [2.05, 4.69) is 10.4 Å². The molecule has 0 bridgehead atoms. The first kappa shape index (κ1) is 13.3. The van der Waals surface area contributed by atoms with Gasteiger partial charge in [0.1, 0.15) is 12.4 Å². The first-order chi connectivity index (χ1) is 7.81. The molecule has 2 amide bonds. The molecule has 17 heavy (non-hydrogen) atoms. The maximum absolute atomic E-state index is 11.8. The average Bonchev–Trinajstić information content (AvgIpc) is 2.56. The highest BCUT2D eigenvalue weighted by Crippen LogP contribution is 2.13. The van der Waals surface area contributed by atoms with Crippen molar-refractivity contribution in [3.63, 3.8) is 0 Å². The van der Waals surface area contributed by atoms with Crippen molar-refractivity contribution < 1.29 is 18.0 Å². The number of hydrogen-bond acceptors (Lipinski definition) is 2. The Morgan fingerprint density at radius 2 is 2.18 bits per heavy atom. The zero-order chi connectivity index (χ0) is 13.1. The number of nitrogens with zero attached hydrogens (tertiary/aromatic N) is 2. The second kappa shape index (κ2) is 5.07. The third-order valence-electron chi connectivity index (χ3n) is 1.98. The molecular formula is C9H13F3N4O. The molecule has 0 aromatic carbocycles. The molecule has 1 heterocycles. The lowest BCUT2D eigenvalue weighted by molar-refractivity contribution is -0.122. The Labute approximate surface area is 96.0 Å². The molecule has 0 radical (unpaired) electrons. The molecule has 1 aromatic rings. The first-order valence-electron chi connectivity index (χ1n) is 4.96. The van der Waals surface area contributed by atoms with Gasteiger partial charge >= 0.3 is 12.2 Å². The van der Waals surface area contributed by atoms with Crippen LogP contribution in [0, 0.1) is 0 Å². The van der Waals surface area contributed by atoms with E-state index in [1.807, 2.05) is 6.92 Å². The molecule has 0 aliphatic rings. The third kappa shape index (κ3) is 4.33. The predicted octanol–water partition coefficient (Wildman–Crippen LogP) is 1.67. The van der Waals surface area contributed by atoms with Crippen LogP contribution in [0.2, 0.25) is 0 Å². The van der Waals surface area contributed by atoms with E-state index in [0.717, 1.165) is 5.69 Å². The van der Waals surface area contributed by atoms with Gasteiger partial charge in [-0.3, -0.25) is 10.00 Å². The molecule has 0 aliphatic heterocycles. The first-order valence-corrected chi connectivity index (χ1v) is 4.96. The third-order valence-corrected chi connectivity index (χ3v) is 1.98. The van der Waals surface area contributed by atoms with Gasteiger partial charge in [0.25, 0.3) is 0 Å². The molecule has 1 rings (SSSR count). The normalized spacial score (nSPS) is 11.4. The largest absolute Gasteiger partial charge is 0.405 e. The summed E-state index contributed by atoms with van der Waals surface area (Å²) in [5.41, 5.74) is 0.749. The Morgan fingerprint density at radius 3 is 2.65 bits per heavy atom. The lowest BCUT2D eigenvalue weighted by Gasteiger charge is -2.09. The molecular weight excluding hydrogens is 237 g/mol. The number of alkyl halides is 3. The van der Waals surface area contributed by atoms with E-state index < -0.39 is 18.8 Å². The number of halogens is 3. The molecule has 0 unspecified atom stereocenters. The van der Waals surface area contributed by atoms with E-state index in [4.69, 9.17) is 0 Å². The van der Waals surface area contributed by atoms with Crippen molar-refractivity contribution >= 4 is 11.8 Å². The van der Waals surface area contributed by atoms with Crippen LogP contribution in [0.4, 0.5) is 23.8 Å². The van der Waals surface area contributed by atoms with E-state index in [-0.39, 0.29) is 0 Å². The highest BCUT2D eigenvalue weighted by molar-refractivity contribution is 5.88. The van der Waals surface area contributed by atoms with Gasteiger partial charge in [-0.2, -0.15) is 18.3 Å². The van der Waals surface area contributed by atoms with E-state index in [1.165, 1.54) is 4.68 Å². The highest BCUT2D eigenvalue weighted by Gasteiger charge is 2.27. The van der Waals surface area contributed by atoms with Crippen LogP contribution >= 0.6 is 0 Å². The van der Waals surface area contributed by atoms with Gasteiger partial charge in [-0.15, -0.1) is 0 Å². The summed E-state index contributed by atoms with van der Waals surface area (Å²) >= 11 is 0. The highest BCUT2D eigenvalue weighted by atomic mass is 19.4. The molecule has 0 fully saturated rings. The lowest BCUT2D eigenvalue weighted by Crippen LogP contribution is -2.37. The fourth-order valence-corrected chi connectivity index (χ4v) is 1.16. The maximum atomic E-state index is 11.8. The number of carbonyl (C=O) groups excluding carboxylic acids is 1. The predicted molar refractivity (Wildman–Crippen MR) is 55.7 cm³/mol.